The quantitative estimate of drug-likeness (QED) is 0.816. The van der Waals surface area contributed by atoms with E-state index in [0.29, 0.717) is 38.5 Å². The number of hydrogen-bond donors (Lipinski definition) is 1. The van der Waals surface area contributed by atoms with Gasteiger partial charge in [-0.05, 0) is 11.8 Å². The molecule has 1 aliphatic heterocycles. The van der Waals surface area contributed by atoms with Crippen LogP contribution < -0.4 is 5.73 Å². The van der Waals surface area contributed by atoms with E-state index < -0.39 is 6.04 Å². The van der Waals surface area contributed by atoms with E-state index in [4.69, 9.17) is 5.73 Å². The molecule has 0 aromatic carbocycles. The van der Waals surface area contributed by atoms with Crippen molar-refractivity contribution in [2.45, 2.75) is 40.2 Å². The molecule has 0 unspecified atom stereocenters. The van der Waals surface area contributed by atoms with E-state index in [1.807, 2.05) is 32.6 Å². The number of carbonyl (C=O) groups excluding carboxylic acids is 2. The predicted molar refractivity (Wildman–Crippen MR) is 75.4 cm³/mol. The van der Waals surface area contributed by atoms with E-state index in [-0.39, 0.29) is 17.7 Å². The highest BCUT2D eigenvalue weighted by Crippen LogP contribution is 2.10. The molecule has 0 spiro atoms. The van der Waals surface area contributed by atoms with Crippen LogP contribution in [0, 0.1) is 11.8 Å². The number of carbonyl (C=O) groups is 2. The molecular formula is C14H27N3O2. The van der Waals surface area contributed by atoms with Crippen molar-refractivity contribution in [1.29, 1.82) is 0 Å². The first kappa shape index (κ1) is 16.0. The molecule has 1 saturated heterocycles. The molecule has 1 heterocycles. The number of nitrogens with zero attached hydrogens (tertiary/aromatic N) is 2. The van der Waals surface area contributed by atoms with Gasteiger partial charge in [-0.15, -0.1) is 0 Å². The second-order valence-electron chi connectivity index (χ2n) is 6.07. The highest BCUT2D eigenvalue weighted by Gasteiger charge is 2.28. The van der Waals surface area contributed by atoms with Gasteiger partial charge in [0.2, 0.25) is 11.8 Å². The van der Waals surface area contributed by atoms with Gasteiger partial charge in [0.05, 0.1) is 6.04 Å². The zero-order valence-electron chi connectivity index (χ0n) is 12.6. The lowest BCUT2D eigenvalue weighted by atomic mass is 10.0. The number of nitrogens with two attached hydrogens (primary N) is 1. The second-order valence-corrected chi connectivity index (χ2v) is 6.07. The Balaban J connectivity index is 2.45. The van der Waals surface area contributed by atoms with Crippen molar-refractivity contribution in [1.82, 2.24) is 9.80 Å². The fourth-order valence-corrected chi connectivity index (χ4v) is 2.15. The minimum Gasteiger partial charge on any atom is -0.339 e. The molecule has 19 heavy (non-hydrogen) atoms. The van der Waals surface area contributed by atoms with E-state index in [9.17, 15) is 9.59 Å². The molecule has 1 rings (SSSR count). The lowest BCUT2D eigenvalue weighted by molar-refractivity contribution is -0.141. The Morgan fingerprint density at radius 3 is 1.89 bits per heavy atom. The van der Waals surface area contributed by atoms with Gasteiger partial charge < -0.3 is 15.5 Å². The number of hydrogen-bond acceptors (Lipinski definition) is 3. The molecule has 1 atom stereocenters. The molecule has 2 N–H and O–H groups in total. The van der Waals surface area contributed by atoms with Gasteiger partial charge >= 0.3 is 0 Å². The Labute approximate surface area is 116 Å². The van der Waals surface area contributed by atoms with Gasteiger partial charge in [0.25, 0.3) is 0 Å². The van der Waals surface area contributed by atoms with Crippen molar-refractivity contribution in [3.63, 3.8) is 0 Å². The van der Waals surface area contributed by atoms with E-state index in [0.717, 1.165) is 0 Å². The van der Waals surface area contributed by atoms with Crippen molar-refractivity contribution in [3.05, 3.63) is 0 Å². The zero-order valence-corrected chi connectivity index (χ0v) is 12.6. The van der Waals surface area contributed by atoms with Crippen LogP contribution in [0.4, 0.5) is 0 Å². The van der Waals surface area contributed by atoms with Gasteiger partial charge in [-0.3, -0.25) is 9.59 Å². The Kier molecular flexibility index (Phi) is 5.79. The average molecular weight is 269 g/mol. The van der Waals surface area contributed by atoms with Gasteiger partial charge in [-0.25, -0.2) is 0 Å². The SMILES string of the molecule is CC(C)CC(=O)N1CCN(C(=O)[C@@H](N)C(C)C)CC1. The van der Waals surface area contributed by atoms with Crippen LogP contribution in [0.25, 0.3) is 0 Å². The summed E-state index contributed by atoms with van der Waals surface area (Å²) in [6, 6.07) is -0.432. The summed E-state index contributed by atoms with van der Waals surface area (Å²) in [5.41, 5.74) is 5.88. The molecule has 5 heteroatoms. The molecule has 0 bridgehead atoms. The molecule has 0 aromatic rings. The lowest BCUT2D eigenvalue weighted by Crippen LogP contribution is -2.55. The molecule has 1 fully saturated rings. The molecule has 0 aliphatic carbocycles. The van der Waals surface area contributed by atoms with Gasteiger partial charge in [0.15, 0.2) is 0 Å². The summed E-state index contributed by atoms with van der Waals surface area (Å²) >= 11 is 0. The van der Waals surface area contributed by atoms with Gasteiger partial charge in [-0.1, -0.05) is 27.7 Å². The fourth-order valence-electron chi connectivity index (χ4n) is 2.15. The largest absolute Gasteiger partial charge is 0.339 e. The highest BCUT2D eigenvalue weighted by molar-refractivity contribution is 5.82. The van der Waals surface area contributed by atoms with Crippen molar-refractivity contribution >= 4 is 11.8 Å². The summed E-state index contributed by atoms with van der Waals surface area (Å²) in [5.74, 6) is 0.718. The van der Waals surface area contributed by atoms with Crippen molar-refractivity contribution in [2.75, 3.05) is 26.2 Å². The first-order chi connectivity index (χ1) is 8.82. The number of piperazine rings is 1. The maximum atomic E-state index is 12.1. The lowest BCUT2D eigenvalue weighted by Gasteiger charge is -2.36. The topological polar surface area (TPSA) is 66.6 Å². The van der Waals surface area contributed by atoms with Crippen LogP contribution >= 0.6 is 0 Å². The minimum atomic E-state index is -0.432. The Morgan fingerprint density at radius 1 is 1.00 bits per heavy atom. The molecule has 110 valence electrons. The predicted octanol–water partition coefficient (Wildman–Crippen LogP) is 0.687. The molecular weight excluding hydrogens is 242 g/mol. The number of amides is 2. The van der Waals surface area contributed by atoms with Gasteiger partial charge in [0.1, 0.15) is 0 Å². The van der Waals surface area contributed by atoms with Gasteiger partial charge in [-0.2, -0.15) is 0 Å². The smallest absolute Gasteiger partial charge is 0.239 e. The summed E-state index contributed by atoms with van der Waals surface area (Å²) in [6.07, 6.45) is 0.583. The standard InChI is InChI=1S/C14H27N3O2/c1-10(2)9-12(18)16-5-7-17(8-6-16)14(19)13(15)11(3)4/h10-11,13H,5-9,15H2,1-4H3/t13-/m0/s1. The van der Waals surface area contributed by atoms with Crippen LogP contribution in [-0.4, -0.2) is 53.8 Å². The maximum absolute atomic E-state index is 12.1. The summed E-state index contributed by atoms with van der Waals surface area (Å²) in [4.78, 5) is 27.6. The van der Waals surface area contributed by atoms with Crippen molar-refractivity contribution in [2.24, 2.45) is 17.6 Å². The zero-order chi connectivity index (χ0) is 14.6. The van der Waals surface area contributed by atoms with Crippen molar-refractivity contribution in [3.8, 4) is 0 Å². The third-order valence-electron chi connectivity index (χ3n) is 3.53. The summed E-state index contributed by atoms with van der Waals surface area (Å²) < 4.78 is 0. The monoisotopic (exact) mass is 269 g/mol. The third kappa shape index (κ3) is 4.49. The molecule has 5 nitrogen and oxygen atoms in total. The molecule has 0 aromatic heterocycles. The Morgan fingerprint density at radius 2 is 1.47 bits per heavy atom. The van der Waals surface area contributed by atoms with E-state index in [1.165, 1.54) is 0 Å². The van der Waals surface area contributed by atoms with Crippen LogP contribution in [-0.2, 0) is 9.59 Å². The Bertz CT molecular complexity index is 321. The molecule has 0 saturated carbocycles. The Hall–Kier alpha value is -1.10. The molecule has 2 amide bonds. The van der Waals surface area contributed by atoms with Crippen LogP contribution in [0.15, 0.2) is 0 Å². The second kappa shape index (κ2) is 6.89. The van der Waals surface area contributed by atoms with Crippen LogP contribution in [0.3, 0.4) is 0 Å². The van der Waals surface area contributed by atoms with Gasteiger partial charge in [0, 0.05) is 32.6 Å². The summed E-state index contributed by atoms with van der Waals surface area (Å²) in [6.45, 7) is 10.4. The van der Waals surface area contributed by atoms with E-state index >= 15 is 0 Å². The van der Waals surface area contributed by atoms with E-state index in [1.54, 1.807) is 4.90 Å². The van der Waals surface area contributed by atoms with Crippen molar-refractivity contribution < 1.29 is 9.59 Å². The molecule has 1 aliphatic rings. The summed E-state index contributed by atoms with van der Waals surface area (Å²) in [5, 5.41) is 0. The fraction of sp³-hybridized carbons (Fsp3) is 0.857. The number of rotatable bonds is 4. The first-order valence-electron chi connectivity index (χ1n) is 7.15. The third-order valence-corrected chi connectivity index (χ3v) is 3.53. The normalized spacial score (nSPS) is 18.1. The average Bonchev–Trinajstić information content (AvgIpc) is 2.36. The van der Waals surface area contributed by atoms with E-state index in [2.05, 4.69) is 0 Å². The highest BCUT2D eigenvalue weighted by atomic mass is 16.2. The first-order valence-corrected chi connectivity index (χ1v) is 7.15. The van der Waals surface area contributed by atoms with Crippen LogP contribution in [0.2, 0.25) is 0 Å². The minimum absolute atomic E-state index is 0.00552. The van der Waals surface area contributed by atoms with Crippen LogP contribution in [0.5, 0.6) is 0 Å². The van der Waals surface area contributed by atoms with Crippen LogP contribution in [0.1, 0.15) is 34.1 Å². The molecule has 0 radical (unpaired) electrons. The summed E-state index contributed by atoms with van der Waals surface area (Å²) in [7, 11) is 0. The maximum Gasteiger partial charge on any atom is 0.239 e.